The van der Waals surface area contributed by atoms with E-state index in [1.807, 2.05) is 7.05 Å². The SMILES string of the molecule is CNCc1cccc(N2CCN=C2C)c1. The van der Waals surface area contributed by atoms with Crippen LogP contribution in [0.2, 0.25) is 0 Å². The molecule has 0 spiro atoms. The largest absolute Gasteiger partial charge is 0.329 e. The van der Waals surface area contributed by atoms with Crippen LogP contribution in [-0.2, 0) is 6.54 Å². The maximum atomic E-state index is 4.40. The highest BCUT2D eigenvalue weighted by Gasteiger charge is 2.14. The van der Waals surface area contributed by atoms with E-state index in [0.29, 0.717) is 0 Å². The van der Waals surface area contributed by atoms with Crippen molar-refractivity contribution in [1.82, 2.24) is 5.32 Å². The van der Waals surface area contributed by atoms with E-state index in [-0.39, 0.29) is 0 Å². The highest BCUT2D eigenvalue weighted by Crippen LogP contribution is 2.19. The van der Waals surface area contributed by atoms with E-state index >= 15 is 0 Å². The third kappa shape index (κ3) is 2.18. The Balaban J connectivity index is 2.21. The van der Waals surface area contributed by atoms with E-state index < -0.39 is 0 Å². The highest BCUT2D eigenvalue weighted by molar-refractivity contribution is 5.97. The Bertz CT molecular complexity index is 371. The number of benzene rings is 1. The molecule has 1 aromatic rings. The minimum Gasteiger partial charge on any atom is -0.329 e. The van der Waals surface area contributed by atoms with Gasteiger partial charge in [0.05, 0.1) is 6.54 Å². The number of anilines is 1. The molecule has 0 saturated carbocycles. The van der Waals surface area contributed by atoms with Gasteiger partial charge in [-0.3, -0.25) is 4.99 Å². The van der Waals surface area contributed by atoms with E-state index in [9.17, 15) is 0 Å². The molecule has 1 N–H and O–H groups in total. The quantitative estimate of drug-likeness (QED) is 0.808. The lowest BCUT2D eigenvalue weighted by atomic mass is 10.2. The molecule has 0 bridgehead atoms. The lowest BCUT2D eigenvalue weighted by Gasteiger charge is -2.18. The van der Waals surface area contributed by atoms with Crippen LogP contribution >= 0.6 is 0 Å². The van der Waals surface area contributed by atoms with Crippen LogP contribution in [0.3, 0.4) is 0 Å². The van der Waals surface area contributed by atoms with Gasteiger partial charge in [0.15, 0.2) is 0 Å². The van der Waals surface area contributed by atoms with Gasteiger partial charge in [-0.1, -0.05) is 12.1 Å². The fourth-order valence-electron chi connectivity index (χ4n) is 1.91. The first kappa shape index (κ1) is 10.2. The van der Waals surface area contributed by atoms with Crippen molar-refractivity contribution in [2.75, 3.05) is 25.0 Å². The maximum Gasteiger partial charge on any atom is 0.100 e. The zero-order valence-corrected chi connectivity index (χ0v) is 9.33. The molecule has 0 amide bonds. The fraction of sp³-hybridized carbons (Fsp3) is 0.417. The van der Waals surface area contributed by atoms with Gasteiger partial charge in [-0.2, -0.15) is 0 Å². The van der Waals surface area contributed by atoms with Crippen molar-refractivity contribution in [3.05, 3.63) is 29.8 Å². The smallest absolute Gasteiger partial charge is 0.100 e. The molecule has 1 aliphatic heterocycles. The van der Waals surface area contributed by atoms with Gasteiger partial charge < -0.3 is 10.2 Å². The summed E-state index contributed by atoms with van der Waals surface area (Å²) in [5, 5.41) is 3.16. The lowest BCUT2D eigenvalue weighted by Crippen LogP contribution is -2.25. The zero-order chi connectivity index (χ0) is 10.7. The second-order valence-corrected chi connectivity index (χ2v) is 3.78. The molecular weight excluding hydrogens is 186 g/mol. The Kier molecular flexibility index (Phi) is 3.02. The molecule has 3 nitrogen and oxygen atoms in total. The standard InChI is InChI=1S/C12H17N3/c1-10-14-6-7-15(10)12-5-3-4-11(8-12)9-13-2/h3-5,8,13H,6-7,9H2,1-2H3. The Labute approximate surface area is 90.8 Å². The minimum absolute atomic E-state index is 0.915. The third-order valence-electron chi connectivity index (χ3n) is 2.66. The van der Waals surface area contributed by atoms with E-state index in [1.165, 1.54) is 11.3 Å². The summed E-state index contributed by atoms with van der Waals surface area (Å²) in [4.78, 5) is 6.66. The number of nitrogens with one attached hydrogen (secondary N) is 1. The maximum absolute atomic E-state index is 4.40. The van der Waals surface area contributed by atoms with Gasteiger partial charge in [0.25, 0.3) is 0 Å². The molecule has 1 heterocycles. The summed E-state index contributed by atoms with van der Waals surface area (Å²) in [5.41, 5.74) is 2.57. The predicted octanol–water partition coefficient (Wildman–Crippen LogP) is 1.64. The number of hydrogen-bond donors (Lipinski definition) is 1. The van der Waals surface area contributed by atoms with Crippen LogP contribution < -0.4 is 10.2 Å². The number of hydrogen-bond acceptors (Lipinski definition) is 3. The predicted molar refractivity (Wildman–Crippen MR) is 64.5 cm³/mol. The third-order valence-corrected chi connectivity index (χ3v) is 2.66. The van der Waals surface area contributed by atoms with Crippen molar-refractivity contribution in [1.29, 1.82) is 0 Å². The van der Waals surface area contributed by atoms with E-state index in [4.69, 9.17) is 0 Å². The van der Waals surface area contributed by atoms with Gasteiger partial charge in [0.1, 0.15) is 5.84 Å². The first-order chi connectivity index (χ1) is 7.31. The second-order valence-electron chi connectivity index (χ2n) is 3.78. The zero-order valence-electron chi connectivity index (χ0n) is 9.33. The molecule has 3 heteroatoms. The van der Waals surface area contributed by atoms with Crippen molar-refractivity contribution in [3.63, 3.8) is 0 Å². The summed E-state index contributed by atoms with van der Waals surface area (Å²) in [6.45, 7) is 4.91. The molecule has 2 rings (SSSR count). The highest BCUT2D eigenvalue weighted by atomic mass is 15.2. The summed E-state index contributed by atoms with van der Waals surface area (Å²) in [6.07, 6.45) is 0. The van der Waals surface area contributed by atoms with Crippen LogP contribution in [-0.4, -0.2) is 26.0 Å². The van der Waals surface area contributed by atoms with E-state index in [2.05, 4.69) is 46.4 Å². The summed E-state index contributed by atoms with van der Waals surface area (Å²) in [5.74, 6) is 1.12. The number of rotatable bonds is 3. The fourth-order valence-corrected chi connectivity index (χ4v) is 1.91. The molecule has 0 saturated heterocycles. The molecule has 0 aliphatic carbocycles. The van der Waals surface area contributed by atoms with E-state index in [1.54, 1.807) is 0 Å². The molecule has 1 aliphatic rings. The van der Waals surface area contributed by atoms with Gasteiger partial charge in [-0.25, -0.2) is 0 Å². The van der Waals surface area contributed by atoms with Gasteiger partial charge in [-0.15, -0.1) is 0 Å². The van der Waals surface area contributed by atoms with Crippen molar-refractivity contribution < 1.29 is 0 Å². The lowest BCUT2D eigenvalue weighted by molar-refractivity contribution is 0.817. The molecular formula is C12H17N3. The summed E-state index contributed by atoms with van der Waals surface area (Å²) in [6, 6.07) is 8.61. The molecule has 15 heavy (non-hydrogen) atoms. The molecule has 80 valence electrons. The van der Waals surface area contributed by atoms with Crippen LogP contribution in [0.4, 0.5) is 5.69 Å². The minimum atomic E-state index is 0.915. The van der Waals surface area contributed by atoms with Gasteiger partial charge in [0.2, 0.25) is 0 Å². The molecule has 0 fully saturated rings. The Hall–Kier alpha value is -1.35. The molecule has 0 aromatic heterocycles. The molecule has 0 unspecified atom stereocenters. The second kappa shape index (κ2) is 4.45. The number of amidine groups is 1. The summed E-state index contributed by atoms with van der Waals surface area (Å²) < 4.78 is 0. The average molecular weight is 203 g/mol. The van der Waals surface area contributed by atoms with Crippen LogP contribution in [0.5, 0.6) is 0 Å². The van der Waals surface area contributed by atoms with Crippen molar-refractivity contribution >= 4 is 11.5 Å². The van der Waals surface area contributed by atoms with Crippen molar-refractivity contribution in [3.8, 4) is 0 Å². The van der Waals surface area contributed by atoms with Crippen LogP contribution in [0, 0.1) is 0 Å². The molecule has 0 atom stereocenters. The van der Waals surface area contributed by atoms with Crippen LogP contribution in [0.1, 0.15) is 12.5 Å². The van der Waals surface area contributed by atoms with Gasteiger partial charge >= 0.3 is 0 Å². The topological polar surface area (TPSA) is 27.6 Å². The monoisotopic (exact) mass is 203 g/mol. The van der Waals surface area contributed by atoms with E-state index in [0.717, 1.165) is 25.5 Å². The van der Waals surface area contributed by atoms with Gasteiger partial charge in [-0.05, 0) is 31.7 Å². The van der Waals surface area contributed by atoms with Crippen LogP contribution in [0.25, 0.3) is 0 Å². The molecule has 1 aromatic carbocycles. The Morgan fingerprint density at radius 1 is 1.47 bits per heavy atom. The normalized spacial score (nSPS) is 15.6. The molecule has 0 radical (unpaired) electrons. The summed E-state index contributed by atoms with van der Waals surface area (Å²) >= 11 is 0. The summed E-state index contributed by atoms with van der Waals surface area (Å²) in [7, 11) is 1.97. The van der Waals surface area contributed by atoms with Crippen molar-refractivity contribution in [2.24, 2.45) is 4.99 Å². The first-order valence-electron chi connectivity index (χ1n) is 5.33. The Morgan fingerprint density at radius 2 is 2.33 bits per heavy atom. The number of aliphatic imine (C=N–C) groups is 1. The van der Waals surface area contributed by atoms with Crippen molar-refractivity contribution in [2.45, 2.75) is 13.5 Å². The van der Waals surface area contributed by atoms with Crippen LogP contribution in [0.15, 0.2) is 29.3 Å². The van der Waals surface area contributed by atoms with Gasteiger partial charge in [0, 0.05) is 18.8 Å². The number of nitrogens with zero attached hydrogens (tertiary/aromatic N) is 2. The average Bonchev–Trinajstić information content (AvgIpc) is 2.65. The first-order valence-corrected chi connectivity index (χ1v) is 5.33. The Morgan fingerprint density at radius 3 is 3.00 bits per heavy atom.